The standard InChI is InChI=1S/C13H24N2O3.2ClH/c1(12-9-16-7-8-17-12)4-15-5-6-18-13(11-15)2-3-14-10-13;;/h12,14H,1-11H2;2*1H. The Kier molecular flexibility index (Phi) is 8.05. The molecule has 0 radical (unpaired) electrons. The number of hydrogen-bond acceptors (Lipinski definition) is 5. The van der Waals surface area contributed by atoms with Crippen LogP contribution in [0.25, 0.3) is 0 Å². The van der Waals surface area contributed by atoms with Gasteiger partial charge in [0.15, 0.2) is 0 Å². The lowest BCUT2D eigenvalue weighted by Gasteiger charge is -2.40. The Morgan fingerprint density at radius 3 is 2.80 bits per heavy atom. The van der Waals surface area contributed by atoms with Crippen molar-refractivity contribution in [3.63, 3.8) is 0 Å². The zero-order valence-corrected chi connectivity index (χ0v) is 13.5. The summed E-state index contributed by atoms with van der Waals surface area (Å²) in [5, 5.41) is 3.41. The van der Waals surface area contributed by atoms with Gasteiger partial charge in [0.1, 0.15) is 0 Å². The molecule has 1 spiro atoms. The predicted octanol–water partition coefficient (Wildman–Crippen LogP) is 0.700. The molecule has 0 aromatic rings. The summed E-state index contributed by atoms with van der Waals surface area (Å²) in [5.74, 6) is 0. The Labute approximate surface area is 133 Å². The molecule has 1 N–H and O–H groups in total. The van der Waals surface area contributed by atoms with E-state index in [2.05, 4.69) is 10.2 Å². The first kappa shape index (κ1) is 18.4. The van der Waals surface area contributed by atoms with E-state index in [1.165, 1.54) is 0 Å². The van der Waals surface area contributed by atoms with Gasteiger partial charge >= 0.3 is 0 Å². The molecule has 0 aromatic heterocycles. The van der Waals surface area contributed by atoms with Crippen LogP contribution in [0.2, 0.25) is 0 Å². The molecule has 3 saturated heterocycles. The summed E-state index contributed by atoms with van der Waals surface area (Å²) in [4.78, 5) is 2.52. The van der Waals surface area contributed by atoms with Crippen LogP contribution in [0.1, 0.15) is 12.8 Å². The fraction of sp³-hybridized carbons (Fsp3) is 1.00. The Balaban J connectivity index is 0.000001000. The molecule has 3 aliphatic heterocycles. The fourth-order valence-corrected chi connectivity index (χ4v) is 3.12. The first-order valence-corrected chi connectivity index (χ1v) is 7.13. The van der Waals surface area contributed by atoms with Crippen LogP contribution in [0.5, 0.6) is 0 Å². The summed E-state index contributed by atoms with van der Waals surface area (Å²) < 4.78 is 17.1. The second kappa shape index (κ2) is 8.73. The van der Waals surface area contributed by atoms with Crippen LogP contribution in [0.15, 0.2) is 0 Å². The van der Waals surface area contributed by atoms with Crippen molar-refractivity contribution < 1.29 is 14.2 Å². The number of nitrogens with one attached hydrogen (secondary N) is 1. The summed E-state index contributed by atoms with van der Waals surface area (Å²) in [6.45, 7) is 8.44. The van der Waals surface area contributed by atoms with Gasteiger partial charge in [-0.2, -0.15) is 0 Å². The maximum Gasteiger partial charge on any atom is 0.0944 e. The van der Waals surface area contributed by atoms with Gasteiger partial charge in [0.2, 0.25) is 0 Å². The first-order chi connectivity index (χ1) is 8.86. The van der Waals surface area contributed by atoms with E-state index in [9.17, 15) is 0 Å². The number of hydrogen-bond donors (Lipinski definition) is 1. The van der Waals surface area contributed by atoms with E-state index >= 15 is 0 Å². The molecule has 2 atom stereocenters. The normalized spacial score (nSPS) is 34.5. The smallest absolute Gasteiger partial charge is 0.0944 e. The lowest BCUT2D eigenvalue weighted by molar-refractivity contribution is -0.111. The van der Waals surface area contributed by atoms with Crippen LogP contribution in [0, 0.1) is 0 Å². The quantitative estimate of drug-likeness (QED) is 0.826. The van der Waals surface area contributed by atoms with Crippen molar-refractivity contribution in [1.29, 1.82) is 0 Å². The van der Waals surface area contributed by atoms with Crippen LogP contribution in [0.3, 0.4) is 0 Å². The Morgan fingerprint density at radius 1 is 1.20 bits per heavy atom. The number of morpholine rings is 1. The maximum atomic E-state index is 5.99. The zero-order chi connectivity index (χ0) is 12.3. The van der Waals surface area contributed by atoms with Crippen molar-refractivity contribution in [3.05, 3.63) is 0 Å². The Hall–Kier alpha value is 0.380. The van der Waals surface area contributed by atoms with Gasteiger partial charge in [0.05, 0.1) is 38.1 Å². The second-order valence-corrected chi connectivity index (χ2v) is 5.59. The topological polar surface area (TPSA) is 43.0 Å². The van der Waals surface area contributed by atoms with Gasteiger partial charge in [0, 0.05) is 26.2 Å². The first-order valence-electron chi connectivity index (χ1n) is 7.13. The fourth-order valence-electron chi connectivity index (χ4n) is 3.12. The van der Waals surface area contributed by atoms with Crippen molar-refractivity contribution in [2.75, 3.05) is 59.2 Å². The van der Waals surface area contributed by atoms with Crippen molar-refractivity contribution in [2.45, 2.75) is 24.5 Å². The third-order valence-corrected chi connectivity index (χ3v) is 4.18. The molecule has 0 bridgehead atoms. The largest absolute Gasteiger partial charge is 0.376 e. The summed E-state index contributed by atoms with van der Waals surface area (Å²) >= 11 is 0. The van der Waals surface area contributed by atoms with E-state index in [1.54, 1.807) is 0 Å². The van der Waals surface area contributed by atoms with E-state index in [0.29, 0.717) is 6.10 Å². The molecule has 0 aliphatic carbocycles. The number of rotatable bonds is 3. The van der Waals surface area contributed by atoms with Gasteiger partial charge in [-0.1, -0.05) is 0 Å². The lowest BCUT2D eigenvalue weighted by atomic mass is 10.0. The van der Waals surface area contributed by atoms with E-state index in [1.807, 2.05) is 0 Å². The van der Waals surface area contributed by atoms with E-state index < -0.39 is 0 Å². The number of halogens is 2. The van der Waals surface area contributed by atoms with Gasteiger partial charge in [0.25, 0.3) is 0 Å². The third kappa shape index (κ3) is 4.70. The van der Waals surface area contributed by atoms with Crippen LogP contribution < -0.4 is 5.32 Å². The molecule has 20 heavy (non-hydrogen) atoms. The highest BCUT2D eigenvalue weighted by Gasteiger charge is 2.39. The van der Waals surface area contributed by atoms with Crippen LogP contribution in [-0.4, -0.2) is 75.8 Å². The lowest BCUT2D eigenvalue weighted by Crippen LogP contribution is -2.53. The molecule has 3 rings (SSSR count). The SMILES string of the molecule is C1CC2(CN1)CN(CCC1COCCO1)CCO2.Cl.Cl. The molecular weight excluding hydrogens is 303 g/mol. The van der Waals surface area contributed by atoms with Crippen molar-refractivity contribution in [1.82, 2.24) is 10.2 Å². The third-order valence-electron chi connectivity index (χ3n) is 4.18. The molecule has 0 saturated carbocycles. The van der Waals surface area contributed by atoms with Crippen LogP contribution in [-0.2, 0) is 14.2 Å². The highest BCUT2D eigenvalue weighted by Crippen LogP contribution is 2.24. The Bertz CT molecular complexity index is 272. The summed E-state index contributed by atoms with van der Waals surface area (Å²) in [5.41, 5.74) is 0.0855. The maximum absolute atomic E-state index is 5.99. The van der Waals surface area contributed by atoms with E-state index in [0.717, 1.165) is 72.0 Å². The van der Waals surface area contributed by atoms with Gasteiger partial charge in [-0.25, -0.2) is 0 Å². The zero-order valence-electron chi connectivity index (χ0n) is 11.8. The second-order valence-electron chi connectivity index (χ2n) is 5.59. The molecular formula is C13H26Cl2N2O3. The average molecular weight is 329 g/mol. The summed E-state index contributed by atoms with van der Waals surface area (Å²) in [6, 6.07) is 0. The van der Waals surface area contributed by atoms with Gasteiger partial charge < -0.3 is 19.5 Å². The summed E-state index contributed by atoms with van der Waals surface area (Å²) in [7, 11) is 0. The van der Waals surface area contributed by atoms with Crippen LogP contribution in [0.4, 0.5) is 0 Å². The minimum absolute atomic E-state index is 0. The monoisotopic (exact) mass is 328 g/mol. The van der Waals surface area contributed by atoms with Gasteiger partial charge in [-0.05, 0) is 19.4 Å². The molecule has 0 aromatic carbocycles. The highest BCUT2D eigenvalue weighted by atomic mass is 35.5. The van der Waals surface area contributed by atoms with E-state index in [-0.39, 0.29) is 30.4 Å². The van der Waals surface area contributed by atoms with Crippen LogP contribution >= 0.6 is 24.8 Å². The van der Waals surface area contributed by atoms with Gasteiger partial charge in [-0.15, -0.1) is 24.8 Å². The van der Waals surface area contributed by atoms with Crippen molar-refractivity contribution >= 4 is 24.8 Å². The van der Waals surface area contributed by atoms with E-state index in [4.69, 9.17) is 14.2 Å². The molecule has 5 nitrogen and oxygen atoms in total. The molecule has 2 unspecified atom stereocenters. The molecule has 120 valence electrons. The minimum atomic E-state index is 0. The molecule has 3 fully saturated rings. The molecule has 7 heteroatoms. The number of ether oxygens (including phenoxy) is 3. The molecule has 3 heterocycles. The van der Waals surface area contributed by atoms with Crippen molar-refractivity contribution in [2.24, 2.45) is 0 Å². The van der Waals surface area contributed by atoms with Gasteiger partial charge in [-0.3, -0.25) is 4.90 Å². The summed E-state index contributed by atoms with van der Waals surface area (Å²) in [6.07, 6.45) is 2.51. The molecule has 0 amide bonds. The predicted molar refractivity (Wildman–Crippen MR) is 82.3 cm³/mol. The average Bonchev–Trinajstić information content (AvgIpc) is 2.86. The molecule has 3 aliphatic rings. The van der Waals surface area contributed by atoms with Crippen molar-refractivity contribution in [3.8, 4) is 0 Å². The number of nitrogens with zero attached hydrogens (tertiary/aromatic N) is 1. The Morgan fingerprint density at radius 2 is 2.10 bits per heavy atom. The highest BCUT2D eigenvalue weighted by molar-refractivity contribution is 5.85. The minimum Gasteiger partial charge on any atom is -0.376 e.